The lowest BCUT2D eigenvalue weighted by Gasteiger charge is -2.08. The Morgan fingerprint density at radius 1 is 1.43 bits per heavy atom. The van der Waals surface area contributed by atoms with Crippen LogP contribution in [0.25, 0.3) is 0 Å². The summed E-state index contributed by atoms with van der Waals surface area (Å²) in [7, 11) is 0. The van der Waals surface area contributed by atoms with Gasteiger partial charge in [0, 0.05) is 0 Å². The van der Waals surface area contributed by atoms with Gasteiger partial charge in [-0.25, -0.2) is 0 Å². The summed E-state index contributed by atoms with van der Waals surface area (Å²) in [5.41, 5.74) is 1.89. The van der Waals surface area contributed by atoms with Crippen LogP contribution < -0.4 is 4.74 Å². The molecule has 0 aliphatic heterocycles. The molecule has 0 aliphatic carbocycles. The van der Waals surface area contributed by atoms with Crippen LogP contribution in [0, 0.1) is 0 Å². The van der Waals surface area contributed by atoms with Gasteiger partial charge in [-0.2, -0.15) is 0 Å². The smallest absolute Gasteiger partial charge is 0.119 e. The number of benzene rings is 1. The van der Waals surface area contributed by atoms with Crippen LogP contribution in [0.5, 0.6) is 5.75 Å². The maximum absolute atomic E-state index is 9.28. The highest BCUT2D eigenvalue weighted by molar-refractivity contribution is 5.28. The summed E-state index contributed by atoms with van der Waals surface area (Å²) in [5, 5.41) is 9.28. The Kier molecular flexibility index (Phi) is 3.72. The van der Waals surface area contributed by atoms with E-state index in [9.17, 15) is 5.11 Å². The molecule has 1 rings (SSSR count). The number of hydrogen-bond donors (Lipinski definition) is 1. The van der Waals surface area contributed by atoms with Crippen molar-refractivity contribution in [1.29, 1.82) is 0 Å². The minimum Gasteiger partial charge on any atom is -0.489 e. The molecule has 0 saturated carbocycles. The molecule has 2 heteroatoms. The van der Waals surface area contributed by atoms with Crippen molar-refractivity contribution in [2.45, 2.75) is 20.0 Å². The van der Waals surface area contributed by atoms with Gasteiger partial charge < -0.3 is 9.84 Å². The zero-order valence-corrected chi connectivity index (χ0v) is 8.66. The average Bonchev–Trinajstić information content (AvgIpc) is 2.15. The molecule has 14 heavy (non-hydrogen) atoms. The van der Waals surface area contributed by atoms with Gasteiger partial charge in [-0.15, -0.1) is 0 Å². The number of ether oxygens (including phenoxy) is 1. The van der Waals surface area contributed by atoms with Crippen LogP contribution in [0.15, 0.2) is 36.4 Å². The normalized spacial score (nSPS) is 12.2. The number of aliphatic hydroxyl groups is 1. The largest absolute Gasteiger partial charge is 0.489 e. The summed E-state index contributed by atoms with van der Waals surface area (Å²) in [6.45, 7) is 7.95. The van der Waals surface area contributed by atoms with Crippen LogP contribution in [-0.2, 0) is 0 Å². The van der Waals surface area contributed by atoms with Crippen LogP contribution in [0.1, 0.15) is 25.5 Å². The van der Waals surface area contributed by atoms with Crippen molar-refractivity contribution in [2.24, 2.45) is 0 Å². The third kappa shape index (κ3) is 3.23. The molecule has 1 aromatic carbocycles. The molecule has 1 aromatic rings. The lowest BCUT2D eigenvalue weighted by atomic mass is 10.1. The van der Waals surface area contributed by atoms with Gasteiger partial charge in [0.25, 0.3) is 0 Å². The van der Waals surface area contributed by atoms with Crippen LogP contribution in [0.4, 0.5) is 0 Å². The fourth-order valence-electron chi connectivity index (χ4n) is 1.05. The Balaban J connectivity index is 2.59. The Labute approximate surface area is 84.8 Å². The van der Waals surface area contributed by atoms with Gasteiger partial charge in [0.15, 0.2) is 0 Å². The molecule has 0 saturated heterocycles. The molecule has 0 fully saturated rings. The second-order valence-corrected chi connectivity index (χ2v) is 3.49. The zero-order chi connectivity index (χ0) is 10.6. The lowest BCUT2D eigenvalue weighted by molar-refractivity contribution is 0.199. The third-order valence-electron chi connectivity index (χ3n) is 1.85. The molecule has 0 unspecified atom stereocenters. The van der Waals surface area contributed by atoms with Crippen LogP contribution in [0.3, 0.4) is 0 Å². The predicted octanol–water partition coefficient (Wildman–Crippen LogP) is 2.69. The molecule has 2 nitrogen and oxygen atoms in total. The highest BCUT2D eigenvalue weighted by Crippen LogP contribution is 2.17. The van der Waals surface area contributed by atoms with Gasteiger partial charge in [-0.1, -0.05) is 18.7 Å². The summed E-state index contributed by atoms with van der Waals surface area (Å²) in [4.78, 5) is 0. The molecular formula is C12H16O2. The number of rotatable bonds is 4. The molecule has 0 aromatic heterocycles. The highest BCUT2D eigenvalue weighted by Gasteiger charge is 2.00. The molecule has 0 aliphatic rings. The Morgan fingerprint density at radius 3 is 2.43 bits per heavy atom. The first kappa shape index (κ1) is 10.8. The predicted molar refractivity (Wildman–Crippen MR) is 57.4 cm³/mol. The minimum atomic E-state index is -0.426. The molecule has 0 radical (unpaired) electrons. The topological polar surface area (TPSA) is 29.5 Å². The molecule has 0 spiro atoms. The van der Waals surface area contributed by atoms with E-state index in [1.807, 2.05) is 31.2 Å². The van der Waals surface area contributed by atoms with E-state index in [1.165, 1.54) is 0 Å². The van der Waals surface area contributed by atoms with Crippen LogP contribution >= 0.6 is 0 Å². The Hall–Kier alpha value is -1.28. The van der Waals surface area contributed by atoms with Gasteiger partial charge in [-0.3, -0.25) is 0 Å². The van der Waals surface area contributed by atoms with E-state index >= 15 is 0 Å². The van der Waals surface area contributed by atoms with Gasteiger partial charge in [0.1, 0.15) is 12.4 Å². The number of aliphatic hydroxyl groups excluding tert-OH is 1. The van der Waals surface area contributed by atoms with Crippen molar-refractivity contribution in [3.8, 4) is 5.75 Å². The van der Waals surface area contributed by atoms with Crippen molar-refractivity contribution in [2.75, 3.05) is 6.61 Å². The standard InChI is InChI=1S/C12H16O2/c1-9(2)8-14-12-6-4-11(5-7-12)10(3)13/h4-7,10,13H,1,8H2,2-3H3/t10-/m1/s1. The molecule has 0 heterocycles. The van der Waals surface area contributed by atoms with E-state index in [-0.39, 0.29) is 0 Å². The first-order valence-corrected chi connectivity index (χ1v) is 4.65. The summed E-state index contributed by atoms with van der Waals surface area (Å²) >= 11 is 0. The summed E-state index contributed by atoms with van der Waals surface area (Å²) in [6.07, 6.45) is -0.426. The first-order valence-electron chi connectivity index (χ1n) is 4.65. The van der Waals surface area contributed by atoms with Crippen molar-refractivity contribution in [1.82, 2.24) is 0 Å². The molecule has 1 N–H and O–H groups in total. The van der Waals surface area contributed by atoms with E-state index in [2.05, 4.69) is 6.58 Å². The summed E-state index contributed by atoms with van der Waals surface area (Å²) < 4.78 is 5.42. The Morgan fingerprint density at radius 2 is 2.00 bits per heavy atom. The highest BCUT2D eigenvalue weighted by atomic mass is 16.5. The summed E-state index contributed by atoms with van der Waals surface area (Å²) in [5.74, 6) is 0.803. The number of hydrogen-bond acceptors (Lipinski definition) is 2. The second kappa shape index (κ2) is 4.82. The van der Waals surface area contributed by atoms with Gasteiger partial charge in [0.05, 0.1) is 6.10 Å². The molecule has 1 atom stereocenters. The van der Waals surface area contributed by atoms with Crippen molar-refractivity contribution in [3.05, 3.63) is 42.0 Å². The third-order valence-corrected chi connectivity index (χ3v) is 1.85. The monoisotopic (exact) mass is 192 g/mol. The molecular weight excluding hydrogens is 176 g/mol. The van der Waals surface area contributed by atoms with Crippen LogP contribution in [-0.4, -0.2) is 11.7 Å². The zero-order valence-electron chi connectivity index (χ0n) is 8.66. The minimum absolute atomic E-state index is 0.426. The fraction of sp³-hybridized carbons (Fsp3) is 0.333. The second-order valence-electron chi connectivity index (χ2n) is 3.49. The van der Waals surface area contributed by atoms with Gasteiger partial charge in [-0.05, 0) is 37.1 Å². The van der Waals surface area contributed by atoms with Crippen LogP contribution in [0.2, 0.25) is 0 Å². The van der Waals surface area contributed by atoms with Crippen molar-refractivity contribution >= 4 is 0 Å². The van der Waals surface area contributed by atoms with Gasteiger partial charge >= 0.3 is 0 Å². The van der Waals surface area contributed by atoms with Gasteiger partial charge in [0.2, 0.25) is 0 Å². The van der Waals surface area contributed by atoms with E-state index in [0.717, 1.165) is 16.9 Å². The molecule has 0 bridgehead atoms. The quantitative estimate of drug-likeness (QED) is 0.743. The average molecular weight is 192 g/mol. The maximum Gasteiger partial charge on any atom is 0.119 e. The first-order chi connectivity index (χ1) is 6.59. The van der Waals surface area contributed by atoms with E-state index in [1.54, 1.807) is 6.92 Å². The van der Waals surface area contributed by atoms with Crippen molar-refractivity contribution < 1.29 is 9.84 Å². The summed E-state index contributed by atoms with van der Waals surface area (Å²) in [6, 6.07) is 7.42. The van der Waals surface area contributed by atoms with Crippen molar-refractivity contribution in [3.63, 3.8) is 0 Å². The van der Waals surface area contributed by atoms with E-state index < -0.39 is 6.10 Å². The van der Waals surface area contributed by atoms with E-state index in [4.69, 9.17) is 4.74 Å². The SMILES string of the molecule is C=C(C)COc1ccc([C@@H](C)O)cc1. The fourth-order valence-corrected chi connectivity index (χ4v) is 1.05. The lowest BCUT2D eigenvalue weighted by Crippen LogP contribution is -1.98. The van der Waals surface area contributed by atoms with E-state index in [0.29, 0.717) is 6.61 Å². The molecule has 0 amide bonds. The Bertz CT molecular complexity index is 299. The molecule has 76 valence electrons. The maximum atomic E-state index is 9.28.